The first-order valence-electron chi connectivity index (χ1n) is 6.03. The number of thiocarbonyl (C=S) groups is 1. The van der Waals surface area contributed by atoms with Gasteiger partial charge in [-0.15, -0.1) is 0 Å². The Kier molecular flexibility index (Phi) is 5.08. The van der Waals surface area contributed by atoms with Crippen LogP contribution in [0.5, 0.6) is 0 Å². The highest BCUT2D eigenvalue weighted by Gasteiger charge is 2.12. The van der Waals surface area contributed by atoms with E-state index in [1.54, 1.807) is 11.8 Å². The highest BCUT2D eigenvalue weighted by Crippen LogP contribution is 2.17. The van der Waals surface area contributed by atoms with E-state index in [2.05, 4.69) is 28.5 Å². The van der Waals surface area contributed by atoms with Gasteiger partial charge in [0.1, 0.15) is 4.32 Å². The van der Waals surface area contributed by atoms with E-state index in [1.165, 1.54) is 24.8 Å². The molecule has 3 heteroatoms. The summed E-state index contributed by atoms with van der Waals surface area (Å²) in [6.07, 6.45) is 6.02. The lowest BCUT2D eigenvalue weighted by Crippen LogP contribution is -2.32. The molecule has 0 radical (unpaired) electrons. The summed E-state index contributed by atoms with van der Waals surface area (Å²) in [5, 5.41) is 2.09. The summed E-state index contributed by atoms with van der Waals surface area (Å²) in [5.74, 6) is 0. The molecule has 2 rings (SSSR count). The molecular weight excluding hydrogens is 246 g/mol. The zero-order chi connectivity index (χ0) is 11.9. The molecule has 1 aliphatic heterocycles. The first kappa shape index (κ1) is 12.7. The molecule has 0 spiro atoms. The minimum atomic E-state index is 1.01. The molecule has 1 saturated heterocycles. The van der Waals surface area contributed by atoms with Gasteiger partial charge in [0.25, 0.3) is 0 Å². The van der Waals surface area contributed by atoms with Crippen LogP contribution in [0.3, 0.4) is 0 Å². The summed E-state index contributed by atoms with van der Waals surface area (Å²) in [6.45, 7) is 2.26. The Labute approximate surface area is 113 Å². The SMILES string of the molecule is S=C(S/C=C\c1ccccc1)N1CCCCC1. The van der Waals surface area contributed by atoms with Gasteiger partial charge in [-0.25, -0.2) is 0 Å². The van der Waals surface area contributed by atoms with Crippen LogP contribution in [-0.2, 0) is 0 Å². The summed E-state index contributed by atoms with van der Waals surface area (Å²) < 4.78 is 1.01. The topological polar surface area (TPSA) is 3.24 Å². The Bertz CT molecular complexity index is 380. The van der Waals surface area contributed by atoms with Crippen molar-refractivity contribution >= 4 is 34.4 Å². The lowest BCUT2D eigenvalue weighted by Gasteiger charge is -2.27. The summed E-state index contributed by atoms with van der Waals surface area (Å²) in [4.78, 5) is 2.32. The first-order chi connectivity index (χ1) is 8.36. The van der Waals surface area contributed by atoms with Gasteiger partial charge in [0.05, 0.1) is 0 Å². The number of hydrogen-bond acceptors (Lipinski definition) is 2. The molecule has 17 heavy (non-hydrogen) atoms. The number of piperidine rings is 1. The van der Waals surface area contributed by atoms with Crippen LogP contribution in [0.1, 0.15) is 24.8 Å². The second-order valence-corrected chi connectivity index (χ2v) is 5.68. The Morgan fingerprint density at radius 2 is 1.82 bits per heavy atom. The summed E-state index contributed by atoms with van der Waals surface area (Å²) in [5.41, 5.74) is 1.22. The third-order valence-electron chi connectivity index (χ3n) is 2.84. The Balaban J connectivity index is 1.81. The number of thioether (sulfide) groups is 1. The predicted octanol–water partition coefficient (Wildman–Crippen LogP) is 4.16. The normalized spacial score (nSPS) is 16.4. The zero-order valence-corrected chi connectivity index (χ0v) is 11.5. The fourth-order valence-electron chi connectivity index (χ4n) is 1.89. The number of likely N-dealkylation sites (tertiary alicyclic amines) is 1. The molecule has 0 aliphatic carbocycles. The van der Waals surface area contributed by atoms with Crippen LogP contribution in [0.2, 0.25) is 0 Å². The van der Waals surface area contributed by atoms with Crippen LogP contribution < -0.4 is 0 Å². The summed E-state index contributed by atoms with van der Waals surface area (Å²) in [6, 6.07) is 10.3. The largest absolute Gasteiger partial charge is 0.357 e. The van der Waals surface area contributed by atoms with Crippen LogP contribution in [-0.4, -0.2) is 22.3 Å². The molecule has 0 N–H and O–H groups in total. The zero-order valence-electron chi connectivity index (χ0n) is 9.84. The van der Waals surface area contributed by atoms with E-state index in [9.17, 15) is 0 Å². The molecule has 1 fully saturated rings. The van der Waals surface area contributed by atoms with Crippen molar-refractivity contribution in [3.05, 3.63) is 41.3 Å². The van der Waals surface area contributed by atoms with Crippen molar-refractivity contribution in [2.75, 3.05) is 13.1 Å². The van der Waals surface area contributed by atoms with Crippen molar-refractivity contribution in [3.8, 4) is 0 Å². The van der Waals surface area contributed by atoms with Crippen LogP contribution in [0.15, 0.2) is 35.7 Å². The van der Waals surface area contributed by atoms with Crippen LogP contribution >= 0.6 is 24.0 Å². The quantitative estimate of drug-likeness (QED) is 0.738. The average molecular weight is 263 g/mol. The Hall–Kier alpha value is -0.800. The third kappa shape index (κ3) is 4.17. The molecule has 0 aromatic heterocycles. The minimum Gasteiger partial charge on any atom is -0.357 e. The minimum absolute atomic E-state index is 1.01. The van der Waals surface area contributed by atoms with Gasteiger partial charge in [-0.1, -0.05) is 54.3 Å². The Morgan fingerprint density at radius 1 is 1.12 bits per heavy atom. The van der Waals surface area contributed by atoms with E-state index in [0.717, 1.165) is 17.4 Å². The fraction of sp³-hybridized carbons (Fsp3) is 0.357. The number of hydrogen-bond donors (Lipinski definition) is 0. The van der Waals surface area contributed by atoms with E-state index >= 15 is 0 Å². The van der Waals surface area contributed by atoms with Crippen molar-refractivity contribution in [1.82, 2.24) is 4.90 Å². The van der Waals surface area contributed by atoms with Crippen molar-refractivity contribution in [2.45, 2.75) is 19.3 Å². The molecule has 1 aromatic carbocycles. The third-order valence-corrected chi connectivity index (χ3v) is 4.12. The highest BCUT2D eigenvalue weighted by atomic mass is 32.2. The molecule has 1 heterocycles. The molecule has 0 amide bonds. The van der Waals surface area contributed by atoms with E-state index in [1.807, 2.05) is 18.2 Å². The highest BCUT2D eigenvalue weighted by molar-refractivity contribution is 8.24. The van der Waals surface area contributed by atoms with Gasteiger partial charge >= 0.3 is 0 Å². The van der Waals surface area contributed by atoms with Gasteiger partial charge in [-0.2, -0.15) is 0 Å². The Morgan fingerprint density at radius 3 is 2.53 bits per heavy atom. The maximum Gasteiger partial charge on any atom is 0.140 e. The molecule has 1 aliphatic rings. The molecule has 90 valence electrons. The number of nitrogens with zero attached hydrogens (tertiary/aromatic N) is 1. The van der Waals surface area contributed by atoms with Gasteiger partial charge in [-0.3, -0.25) is 0 Å². The molecule has 0 atom stereocenters. The van der Waals surface area contributed by atoms with Crippen LogP contribution in [0.25, 0.3) is 6.08 Å². The maximum atomic E-state index is 5.43. The van der Waals surface area contributed by atoms with Crippen molar-refractivity contribution in [3.63, 3.8) is 0 Å². The van der Waals surface area contributed by atoms with Gasteiger partial charge in [0, 0.05) is 13.1 Å². The molecular formula is C14H17NS2. The van der Waals surface area contributed by atoms with E-state index in [4.69, 9.17) is 12.2 Å². The van der Waals surface area contributed by atoms with Gasteiger partial charge in [0.2, 0.25) is 0 Å². The van der Waals surface area contributed by atoms with Gasteiger partial charge in [0.15, 0.2) is 0 Å². The lowest BCUT2D eigenvalue weighted by atomic mass is 10.1. The van der Waals surface area contributed by atoms with E-state index < -0.39 is 0 Å². The molecule has 0 unspecified atom stereocenters. The summed E-state index contributed by atoms with van der Waals surface area (Å²) in [7, 11) is 0. The average Bonchev–Trinajstić information content (AvgIpc) is 2.41. The molecule has 0 bridgehead atoms. The van der Waals surface area contributed by atoms with Crippen molar-refractivity contribution in [1.29, 1.82) is 0 Å². The van der Waals surface area contributed by atoms with Crippen molar-refractivity contribution in [2.24, 2.45) is 0 Å². The van der Waals surface area contributed by atoms with Gasteiger partial charge in [-0.05, 0) is 36.3 Å². The number of benzene rings is 1. The first-order valence-corrected chi connectivity index (χ1v) is 7.32. The summed E-state index contributed by atoms with van der Waals surface area (Å²) >= 11 is 7.08. The standard InChI is InChI=1S/C14H17NS2/c16-14(15-10-5-2-6-11-15)17-12-9-13-7-3-1-4-8-13/h1,3-4,7-9,12H,2,5-6,10-11H2/b12-9-. The monoisotopic (exact) mass is 263 g/mol. The second kappa shape index (κ2) is 6.82. The van der Waals surface area contributed by atoms with Crippen molar-refractivity contribution < 1.29 is 0 Å². The molecule has 1 nitrogen and oxygen atoms in total. The predicted molar refractivity (Wildman–Crippen MR) is 81.1 cm³/mol. The van der Waals surface area contributed by atoms with Gasteiger partial charge < -0.3 is 4.90 Å². The fourth-order valence-corrected chi connectivity index (χ4v) is 2.91. The van der Waals surface area contributed by atoms with Crippen LogP contribution in [0.4, 0.5) is 0 Å². The van der Waals surface area contributed by atoms with E-state index in [-0.39, 0.29) is 0 Å². The smallest absolute Gasteiger partial charge is 0.140 e. The maximum absolute atomic E-state index is 5.43. The molecule has 0 saturated carbocycles. The lowest BCUT2D eigenvalue weighted by molar-refractivity contribution is 0.352. The number of rotatable bonds is 2. The van der Waals surface area contributed by atoms with Crippen LogP contribution in [0, 0.1) is 0 Å². The van der Waals surface area contributed by atoms with E-state index in [0.29, 0.717) is 0 Å². The second-order valence-electron chi connectivity index (χ2n) is 4.14. The molecule has 1 aromatic rings.